The standard InChI is InChI=1S/C22H26ClN3O2/c1-28-21-12-20(24)19(23)11-18(21)22(27)25-16-7-8-26-13-15(9-17(26)10-16)14-5-3-2-4-6-14/h2-6,11-12,15-17H,7-10,13,24H2,1H3,(H,25,27)/t15-,16?,17?/m1/s1. The molecule has 0 aliphatic carbocycles. The van der Waals surface area contributed by atoms with Crippen LogP contribution in [0, 0.1) is 0 Å². The number of amides is 1. The fraction of sp³-hybridized carbons (Fsp3) is 0.409. The predicted octanol–water partition coefficient (Wildman–Crippen LogP) is 3.68. The Morgan fingerprint density at radius 3 is 2.79 bits per heavy atom. The zero-order valence-corrected chi connectivity index (χ0v) is 16.8. The highest BCUT2D eigenvalue weighted by Crippen LogP contribution is 2.36. The molecule has 0 bridgehead atoms. The highest BCUT2D eigenvalue weighted by atomic mass is 35.5. The molecule has 3 atom stereocenters. The molecule has 2 heterocycles. The Balaban J connectivity index is 1.41. The Morgan fingerprint density at radius 2 is 2.04 bits per heavy atom. The zero-order valence-electron chi connectivity index (χ0n) is 16.0. The third-order valence-corrected chi connectivity index (χ3v) is 6.35. The Labute approximate surface area is 170 Å². The second-order valence-electron chi connectivity index (χ2n) is 7.76. The van der Waals surface area contributed by atoms with Crippen molar-refractivity contribution >= 4 is 23.2 Å². The van der Waals surface area contributed by atoms with Crippen LogP contribution in [-0.2, 0) is 0 Å². The number of nitrogens with zero attached hydrogens (tertiary/aromatic N) is 1. The van der Waals surface area contributed by atoms with E-state index in [2.05, 4.69) is 40.5 Å². The maximum absolute atomic E-state index is 12.8. The first kappa shape index (κ1) is 19.1. The fourth-order valence-electron chi connectivity index (χ4n) is 4.55. The Morgan fingerprint density at radius 1 is 1.25 bits per heavy atom. The maximum Gasteiger partial charge on any atom is 0.255 e. The molecule has 2 aliphatic rings. The highest BCUT2D eigenvalue weighted by Gasteiger charge is 2.37. The number of nitrogens with one attached hydrogen (secondary N) is 1. The van der Waals surface area contributed by atoms with Crippen LogP contribution < -0.4 is 15.8 Å². The van der Waals surface area contributed by atoms with Crippen LogP contribution in [-0.4, -0.2) is 43.1 Å². The second-order valence-corrected chi connectivity index (χ2v) is 8.17. The molecule has 0 spiro atoms. The summed E-state index contributed by atoms with van der Waals surface area (Å²) in [6.07, 6.45) is 3.07. The zero-order chi connectivity index (χ0) is 19.7. The number of rotatable bonds is 4. The molecule has 1 amide bonds. The van der Waals surface area contributed by atoms with Gasteiger partial charge < -0.3 is 15.8 Å². The third-order valence-electron chi connectivity index (χ3n) is 6.02. The topological polar surface area (TPSA) is 67.6 Å². The summed E-state index contributed by atoms with van der Waals surface area (Å²) in [5, 5.41) is 3.54. The largest absolute Gasteiger partial charge is 0.496 e. The number of hydrogen-bond acceptors (Lipinski definition) is 4. The molecule has 2 aliphatic heterocycles. The van der Waals surface area contributed by atoms with E-state index in [9.17, 15) is 4.79 Å². The van der Waals surface area contributed by atoms with E-state index in [0.717, 1.165) is 32.4 Å². The molecule has 2 unspecified atom stereocenters. The van der Waals surface area contributed by atoms with Gasteiger partial charge in [-0.15, -0.1) is 0 Å². The Kier molecular flexibility index (Phi) is 5.47. The first-order valence-corrected chi connectivity index (χ1v) is 10.2. The van der Waals surface area contributed by atoms with Crippen molar-refractivity contribution in [1.29, 1.82) is 0 Å². The average molecular weight is 400 g/mol. The van der Waals surface area contributed by atoms with Crippen LogP contribution >= 0.6 is 11.6 Å². The van der Waals surface area contributed by atoms with Crippen LogP contribution in [0.15, 0.2) is 42.5 Å². The van der Waals surface area contributed by atoms with E-state index >= 15 is 0 Å². The molecule has 0 aromatic heterocycles. The lowest BCUT2D eigenvalue weighted by Crippen LogP contribution is -2.47. The second kappa shape index (κ2) is 8.02. The number of anilines is 1. The Hall–Kier alpha value is -2.24. The molecule has 2 saturated heterocycles. The van der Waals surface area contributed by atoms with Crippen LogP contribution in [0.3, 0.4) is 0 Å². The number of fused-ring (bicyclic) bond motifs is 1. The van der Waals surface area contributed by atoms with Crippen molar-refractivity contribution in [3.63, 3.8) is 0 Å². The van der Waals surface area contributed by atoms with Gasteiger partial charge in [0.1, 0.15) is 5.75 Å². The number of carbonyl (C=O) groups excluding carboxylic acids is 1. The van der Waals surface area contributed by atoms with Gasteiger partial charge in [0.05, 0.1) is 23.4 Å². The monoisotopic (exact) mass is 399 g/mol. The average Bonchev–Trinajstić information content (AvgIpc) is 3.13. The summed E-state index contributed by atoms with van der Waals surface area (Å²) in [6.45, 7) is 2.12. The lowest BCUT2D eigenvalue weighted by Gasteiger charge is -2.35. The molecule has 0 saturated carbocycles. The molecule has 3 N–H and O–H groups in total. The van der Waals surface area contributed by atoms with Gasteiger partial charge in [-0.2, -0.15) is 0 Å². The van der Waals surface area contributed by atoms with Crippen LogP contribution in [0.25, 0.3) is 0 Å². The number of methoxy groups -OCH3 is 1. The lowest BCUT2D eigenvalue weighted by molar-refractivity contribution is 0.0893. The van der Waals surface area contributed by atoms with Crippen LogP contribution in [0.4, 0.5) is 5.69 Å². The van der Waals surface area contributed by atoms with Crippen LogP contribution in [0.5, 0.6) is 5.75 Å². The third kappa shape index (κ3) is 3.82. The summed E-state index contributed by atoms with van der Waals surface area (Å²) >= 11 is 6.11. The van der Waals surface area contributed by atoms with Crippen molar-refractivity contribution in [3.05, 3.63) is 58.6 Å². The van der Waals surface area contributed by atoms with Gasteiger partial charge in [-0.1, -0.05) is 41.9 Å². The summed E-state index contributed by atoms with van der Waals surface area (Å²) in [5.41, 5.74) is 8.07. The SMILES string of the molecule is COc1cc(N)c(Cl)cc1C(=O)NC1CCN2C[C@H](c3ccccc3)CC2C1. The lowest BCUT2D eigenvalue weighted by atomic mass is 9.92. The first-order chi connectivity index (χ1) is 13.5. The summed E-state index contributed by atoms with van der Waals surface area (Å²) in [7, 11) is 1.53. The summed E-state index contributed by atoms with van der Waals surface area (Å²) in [5.74, 6) is 0.869. The minimum atomic E-state index is -0.158. The molecule has 0 radical (unpaired) electrons. The fourth-order valence-corrected chi connectivity index (χ4v) is 4.71. The van der Waals surface area contributed by atoms with E-state index in [1.807, 2.05) is 0 Å². The smallest absolute Gasteiger partial charge is 0.255 e. The number of benzene rings is 2. The number of ether oxygens (including phenoxy) is 1. The first-order valence-electron chi connectivity index (χ1n) is 9.78. The van der Waals surface area contributed by atoms with Gasteiger partial charge in [-0.25, -0.2) is 0 Å². The minimum absolute atomic E-state index is 0.157. The van der Waals surface area contributed by atoms with Crippen molar-refractivity contribution in [2.45, 2.75) is 37.3 Å². The van der Waals surface area contributed by atoms with E-state index in [1.165, 1.54) is 12.7 Å². The molecule has 6 heteroatoms. The van der Waals surface area contributed by atoms with Gasteiger partial charge in [0.15, 0.2) is 0 Å². The summed E-state index contributed by atoms with van der Waals surface area (Å²) < 4.78 is 5.32. The van der Waals surface area contributed by atoms with E-state index in [-0.39, 0.29) is 11.9 Å². The van der Waals surface area contributed by atoms with Crippen LogP contribution in [0.1, 0.15) is 41.1 Å². The highest BCUT2D eigenvalue weighted by molar-refractivity contribution is 6.33. The van der Waals surface area contributed by atoms with Crippen molar-refractivity contribution in [2.75, 3.05) is 25.9 Å². The maximum atomic E-state index is 12.8. The number of piperidine rings is 1. The van der Waals surface area contributed by atoms with Crippen molar-refractivity contribution in [1.82, 2.24) is 10.2 Å². The summed E-state index contributed by atoms with van der Waals surface area (Å²) in [4.78, 5) is 15.4. The quantitative estimate of drug-likeness (QED) is 0.769. The van der Waals surface area contributed by atoms with Crippen molar-refractivity contribution in [2.24, 2.45) is 0 Å². The number of halogens is 1. The van der Waals surface area contributed by atoms with E-state index < -0.39 is 0 Å². The molecule has 2 fully saturated rings. The molecule has 2 aromatic carbocycles. The normalized spacial score (nSPS) is 24.6. The number of hydrogen-bond donors (Lipinski definition) is 2. The van der Waals surface area contributed by atoms with Gasteiger partial charge in [-0.05, 0) is 36.8 Å². The van der Waals surface area contributed by atoms with E-state index in [1.54, 1.807) is 12.1 Å². The number of carbonyl (C=O) groups is 1. The van der Waals surface area contributed by atoms with Gasteiger partial charge in [0, 0.05) is 31.2 Å². The van der Waals surface area contributed by atoms with Crippen molar-refractivity contribution < 1.29 is 9.53 Å². The van der Waals surface area contributed by atoms with E-state index in [0.29, 0.717) is 34.0 Å². The van der Waals surface area contributed by atoms with Crippen LogP contribution in [0.2, 0.25) is 5.02 Å². The number of nitrogen functional groups attached to an aromatic ring is 1. The Bertz CT molecular complexity index is 858. The number of nitrogens with two attached hydrogens (primary N) is 1. The van der Waals surface area contributed by atoms with Crippen molar-refractivity contribution in [3.8, 4) is 5.75 Å². The van der Waals surface area contributed by atoms with E-state index in [4.69, 9.17) is 22.1 Å². The van der Waals surface area contributed by atoms with Gasteiger partial charge in [0.2, 0.25) is 0 Å². The molecule has 5 nitrogen and oxygen atoms in total. The molecular weight excluding hydrogens is 374 g/mol. The predicted molar refractivity (Wildman–Crippen MR) is 112 cm³/mol. The molecule has 148 valence electrons. The minimum Gasteiger partial charge on any atom is -0.496 e. The summed E-state index contributed by atoms with van der Waals surface area (Å²) in [6, 6.07) is 14.6. The van der Waals surface area contributed by atoms with Gasteiger partial charge in [0.25, 0.3) is 5.91 Å². The molecule has 2 aromatic rings. The van der Waals surface area contributed by atoms with Gasteiger partial charge in [-0.3, -0.25) is 9.69 Å². The van der Waals surface area contributed by atoms with Gasteiger partial charge >= 0.3 is 0 Å². The molecule has 4 rings (SSSR count). The molecule has 28 heavy (non-hydrogen) atoms. The molecular formula is C22H26ClN3O2.